The molecule has 1 aliphatic rings. The summed E-state index contributed by atoms with van der Waals surface area (Å²) in [5, 5.41) is 7.04. The lowest BCUT2D eigenvalue weighted by Gasteiger charge is -2.19. The lowest BCUT2D eigenvalue weighted by atomic mass is 9.90. The van der Waals surface area contributed by atoms with E-state index in [9.17, 15) is 9.18 Å². The number of carbonyl (C=O) groups excluding carboxylic acids is 1. The summed E-state index contributed by atoms with van der Waals surface area (Å²) >= 11 is 0. The average molecular weight is 478 g/mol. The van der Waals surface area contributed by atoms with Crippen LogP contribution in [0.4, 0.5) is 4.39 Å². The van der Waals surface area contributed by atoms with Crippen molar-refractivity contribution in [2.75, 3.05) is 7.11 Å². The molecule has 9 heteroatoms. The van der Waals surface area contributed by atoms with E-state index in [2.05, 4.69) is 46.2 Å². The third kappa shape index (κ3) is 5.62. The number of hydrogen-bond acceptors (Lipinski definition) is 7. The van der Waals surface area contributed by atoms with Gasteiger partial charge < -0.3 is 14.9 Å². The molecule has 1 aliphatic heterocycles. The van der Waals surface area contributed by atoms with E-state index in [1.54, 1.807) is 31.3 Å². The van der Waals surface area contributed by atoms with E-state index in [0.717, 1.165) is 11.3 Å². The van der Waals surface area contributed by atoms with Crippen LogP contribution < -0.4 is 10.1 Å². The van der Waals surface area contributed by atoms with E-state index < -0.39 is 5.82 Å². The summed E-state index contributed by atoms with van der Waals surface area (Å²) in [7, 11) is 1.39. The molecule has 8 nitrogen and oxygen atoms in total. The topological polar surface area (TPSA) is 98.6 Å². The molecule has 0 saturated heterocycles. The first-order valence-corrected chi connectivity index (χ1v) is 11.3. The molecule has 0 fully saturated rings. The molecule has 0 aliphatic carbocycles. The van der Waals surface area contributed by atoms with Crippen LogP contribution in [0.15, 0.2) is 47.8 Å². The maximum atomic E-state index is 13.6. The highest BCUT2D eigenvalue weighted by Crippen LogP contribution is 2.31. The van der Waals surface area contributed by atoms with Crippen LogP contribution in [0.25, 0.3) is 0 Å². The first-order chi connectivity index (χ1) is 16.6. The Hall–Kier alpha value is -3.88. The Kier molecular flexibility index (Phi) is 6.77. The molecule has 1 N–H and O–H groups in total. The van der Waals surface area contributed by atoms with E-state index in [4.69, 9.17) is 9.57 Å². The highest BCUT2D eigenvalue weighted by atomic mass is 19.1. The second-order valence-electron chi connectivity index (χ2n) is 9.40. The van der Waals surface area contributed by atoms with Gasteiger partial charge in [0.25, 0.3) is 5.91 Å². The molecule has 0 spiro atoms. The molecule has 1 aromatic carbocycles. The van der Waals surface area contributed by atoms with Gasteiger partial charge in [0.2, 0.25) is 0 Å². The Bertz CT molecular complexity index is 1290. The van der Waals surface area contributed by atoms with Crippen LogP contribution in [0, 0.1) is 12.7 Å². The Morgan fingerprint density at radius 1 is 1.20 bits per heavy atom. The summed E-state index contributed by atoms with van der Waals surface area (Å²) in [6.07, 6.45) is 2.04. The van der Waals surface area contributed by atoms with Gasteiger partial charge in [-0.05, 0) is 48.4 Å². The van der Waals surface area contributed by atoms with Gasteiger partial charge in [0, 0.05) is 30.3 Å². The van der Waals surface area contributed by atoms with Crippen LogP contribution in [0.2, 0.25) is 0 Å². The van der Waals surface area contributed by atoms with Crippen molar-refractivity contribution >= 4 is 11.6 Å². The Morgan fingerprint density at radius 2 is 2.00 bits per heavy atom. The van der Waals surface area contributed by atoms with E-state index in [1.807, 2.05) is 12.1 Å². The van der Waals surface area contributed by atoms with Gasteiger partial charge in [0.15, 0.2) is 17.7 Å². The lowest BCUT2D eigenvalue weighted by Crippen LogP contribution is -2.25. The summed E-state index contributed by atoms with van der Waals surface area (Å²) < 4.78 is 18.6. The number of pyridine rings is 1. The number of methoxy groups -OCH3 is 1. The second-order valence-corrected chi connectivity index (χ2v) is 9.40. The zero-order chi connectivity index (χ0) is 25.2. The number of nitrogens with zero attached hydrogens (tertiary/aromatic N) is 4. The SMILES string of the molecule is COc1cc(CNC(=O)c2cc(C3=NOC(c4ccnc(C(C)(C)C)c4)C3)nc(C)n2)ccc1F. The Balaban J connectivity index is 1.46. The van der Waals surface area contributed by atoms with Gasteiger partial charge in [0.05, 0.1) is 12.8 Å². The number of rotatable bonds is 6. The van der Waals surface area contributed by atoms with Crippen LogP contribution >= 0.6 is 0 Å². The van der Waals surface area contributed by atoms with Gasteiger partial charge in [-0.25, -0.2) is 14.4 Å². The van der Waals surface area contributed by atoms with E-state index in [1.165, 1.54) is 13.2 Å². The Morgan fingerprint density at radius 3 is 2.74 bits per heavy atom. The predicted octanol–water partition coefficient (Wildman–Crippen LogP) is 4.42. The van der Waals surface area contributed by atoms with Gasteiger partial charge in [0.1, 0.15) is 17.2 Å². The minimum atomic E-state index is -0.460. The predicted molar refractivity (Wildman–Crippen MR) is 129 cm³/mol. The van der Waals surface area contributed by atoms with Crippen molar-refractivity contribution in [1.29, 1.82) is 0 Å². The number of carbonyl (C=O) groups is 1. The van der Waals surface area contributed by atoms with Crippen LogP contribution in [0.3, 0.4) is 0 Å². The highest BCUT2D eigenvalue weighted by Gasteiger charge is 2.27. The molecule has 1 unspecified atom stereocenters. The van der Waals surface area contributed by atoms with Crippen molar-refractivity contribution in [2.24, 2.45) is 5.16 Å². The molecule has 1 atom stereocenters. The van der Waals surface area contributed by atoms with Crippen LogP contribution in [0.5, 0.6) is 5.75 Å². The maximum absolute atomic E-state index is 13.6. The van der Waals surface area contributed by atoms with E-state index in [-0.39, 0.29) is 35.4 Å². The Labute approximate surface area is 203 Å². The second kappa shape index (κ2) is 9.77. The fourth-order valence-corrected chi connectivity index (χ4v) is 3.68. The molecule has 182 valence electrons. The van der Waals surface area contributed by atoms with Crippen molar-refractivity contribution in [3.8, 4) is 5.75 Å². The van der Waals surface area contributed by atoms with Crippen molar-refractivity contribution in [3.63, 3.8) is 0 Å². The van der Waals surface area contributed by atoms with Crippen molar-refractivity contribution in [2.45, 2.75) is 52.2 Å². The monoisotopic (exact) mass is 477 g/mol. The number of benzene rings is 1. The molecule has 3 heterocycles. The fourth-order valence-electron chi connectivity index (χ4n) is 3.68. The number of oxime groups is 1. The standard InChI is InChI=1S/C26H28FN5O3/c1-15-30-19(20-13-22(35-32-20)17-8-9-28-24(11-17)26(2,3)4)12-21(31-15)25(33)29-14-16-6-7-18(27)23(10-16)34-5/h6-12,22H,13-14H2,1-5H3,(H,29,33). The quantitative estimate of drug-likeness (QED) is 0.564. The first-order valence-electron chi connectivity index (χ1n) is 11.3. The average Bonchev–Trinajstić information content (AvgIpc) is 3.33. The minimum absolute atomic E-state index is 0.0800. The van der Waals surface area contributed by atoms with Crippen LogP contribution in [-0.4, -0.2) is 33.7 Å². The highest BCUT2D eigenvalue weighted by molar-refractivity contribution is 6.02. The summed E-state index contributed by atoms with van der Waals surface area (Å²) in [5.41, 5.74) is 3.98. The lowest BCUT2D eigenvalue weighted by molar-refractivity contribution is 0.0855. The molecule has 0 bridgehead atoms. The van der Waals surface area contributed by atoms with Crippen LogP contribution in [-0.2, 0) is 16.8 Å². The molecule has 0 saturated carbocycles. The number of aryl methyl sites for hydroxylation is 1. The van der Waals surface area contributed by atoms with Gasteiger partial charge >= 0.3 is 0 Å². The molecular weight excluding hydrogens is 449 g/mol. The van der Waals surface area contributed by atoms with Crippen molar-refractivity contribution < 1.29 is 18.8 Å². The number of amides is 1. The normalized spacial score (nSPS) is 15.4. The molecule has 4 rings (SSSR count). The van der Waals surface area contributed by atoms with Gasteiger partial charge in [-0.3, -0.25) is 9.78 Å². The first kappa shape index (κ1) is 24.3. The number of halogens is 1. The number of aromatic nitrogens is 3. The third-order valence-corrected chi connectivity index (χ3v) is 5.63. The molecule has 2 aromatic heterocycles. The molecule has 35 heavy (non-hydrogen) atoms. The minimum Gasteiger partial charge on any atom is -0.494 e. The third-order valence-electron chi connectivity index (χ3n) is 5.63. The summed E-state index contributed by atoms with van der Waals surface area (Å²) in [5.74, 6) is -0.270. The molecule has 0 radical (unpaired) electrons. The zero-order valence-corrected chi connectivity index (χ0v) is 20.4. The largest absolute Gasteiger partial charge is 0.494 e. The molecular formula is C26H28FN5O3. The van der Waals surface area contributed by atoms with E-state index >= 15 is 0 Å². The van der Waals surface area contributed by atoms with E-state index in [0.29, 0.717) is 29.2 Å². The van der Waals surface area contributed by atoms with Gasteiger partial charge in [-0.1, -0.05) is 32.0 Å². The molecule has 1 amide bonds. The number of nitrogens with one attached hydrogen (secondary N) is 1. The summed E-state index contributed by atoms with van der Waals surface area (Å²) in [6, 6.07) is 10.00. The number of ether oxygens (including phenoxy) is 1. The van der Waals surface area contributed by atoms with Gasteiger partial charge in [-0.15, -0.1) is 0 Å². The summed E-state index contributed by atoms with van der Waals surface area (Å²) in [6.45, 7) is 8.24. The zero-order valence-electron chi connectivity index (χ0n) is 20.4. The van der Waals surface area contributed by atoms with Gasteiger partial charge in [-0.2, -0.15) is 0 Å². The fraction of sp³-hybridized carbons (Fsp3) is 0.346. The van der Waals surface area contributed by atoms with Crippen molar-refractivity contribution in [3.05, 3.63) is 82.4 Å². The van der Waals surface area contributed by atoms with Crippen LogP contribution in [0.1, 0.15) is 72.1 Å². The van der Waals surface area contributed by atoms with Crippen molar-refractivity contribution in [1.82, 2.24) is 20.3 Å². The number of hydrogen-bond donors (Lipinski definition) is 1. The maximum Gasteiger partial charge on any atom is 0.270 e. The molecule has 3 aromatic rings. The summed E-state index contributed by atoms with van der Waals surface area (Å²) in [4.78, 5) is 31.7. The smallest absolute Gasteiger partial charge is 0.270 e.